The van der Waals surface area contributed by atoms with Gasteiger partial charge in [0.05, 0.1) is 19.2 Å². The van der Waals surface area contributed by atoms with Crippen molar-refractivity contribution in [2.45, 2.75) is 45.4 Å². The Labute approximate surface area is 126 Å². The van der Waals surface area contributed by atoms with Crippen LogP contribution in [0.15, 0.2) is 12.1 Å². The van der Waals surface area contributed by atoms with Crippen molar-refractivity contribution in [3.8, 4) is 11.5 Å². The SMILES string of the molecule is CCC(=O)CCC(CC)c1cc(Cl)c(OC)cc1OC. The molecule has 1 rings (SSSR count). The maximum atomic E-state index is 11.5. The summed E-state index contributed by atoms with van der Waals surface area (Å²) < 4.78 is 10.6. The van der Waals surface area contributed by atoms with E-state index in [4.69, 9.17) is 21.1 Å². The number of ether oxygens (including phenoxy) is 2. The Morgan fingerprint density at radius 1 is 1.20 bits per heavy atom. The van der Waals surface area contributed by atoms with Crippen molar-refractivity contribution in [2.24, 2.45) is 0 Å². The molecular weight excluding hydrogens is 276 g/mol. The normalized spacial score (nSPS) is 12.1. The minimum Gasteiger partial charge on any atom is -0.496 e. The third kappa shape index (κ3) is 4.14. The van der Waals surface area contributed by atoms with Crippen LogP contribution < -0.4 is 9.47 Å². The zero-order valence-electron chi connectivity index (χ0n) is 12.7. The van der Waals surface area contributed by atoms with Gasteiger partial charge in [0.1, 0.15) is 17.3 Å². The topological polar surface area (TPSA) is 35.5 Å². The molecule has 4 heteroatoms. The predicted octanol–water partition coefficient (Wildman–Crippen LogP) is 4.61. The first-order chi connectivity index (χ1) is 9.57. The Morgan fingerprint density at radius 3 is 2.35 bits per heavy atom. The fourth-order valence-electron chi connectivity index (χ4n) is 2.29. The summed E-state index contributed by atoms with van der Waals surface area (Å²) in [6.45, 7) is 4.01. The van der Waals surface area contributed by atoms with Gasteiger partial charge in [0.25, 0.3) is 0 Å². The first-order valence-electron chi connectivity index (χ1n) is 7.00. The van der Waals surface area contributed by atoms with Crippen molar-refractivity contribution < 1.29 is 14.3 Å². The van der Waals surface area contributed by atoms with E-state index >= 15 is 0 Å². The molecule has 0 aromatic heterocycles. The fraction of sp³-hybridized carbons (Fsp3) is 0.562. The summed E-state index contributed by atoms with van der Waals surface area (Å²) in [6, 6.07) is 3.70. The smallest absolute Gasteiger partial charge is 0.141 e. The lowest BCUT2D eigenvalue weighted by molar-refractivity contribution is -0.118. The zero-order chi connectivity index (χ0) is 15.1. The van der Waals surface area contributed by atoms with Crippen LogP contribution in [0, 0.1) is 0 Å². The summed E-state index contributed by atoms with van der Waals surface area (Å²) in [4.78, 5) is 11.5. The maximum absolute atomic E-state index is 11.5. The lowest BCUT2D eigenvalue weighted by Gasteiger charge is -2.19. The molecule has 0 radical (unpaired) electrons. The molecule has 1 atom stereocenters. The number of carbonyl (C=O) groups excluding carboxylic acids is 1. The number of benzene rings is 1. The molecule has 3 nitrogen and oxygen atoms in total. The van der Waals surface area contributed by atoms with Gasteiger partial charge in [0, 0.05) is 18.9 Å². The van der Waals surface area contributed by atoms with Gasteiger partial charge in [-0.1, -0.05) is 25.4 Å². The number of halogens is 1. The lowest BCUT2D eigenvalue weighted by Crippen LogP contribution is -2.05. The highest BCUT2D eigenvalue weighted by atomic mass is 35.5. The quantitative estimate of drug-likeness (QED) is 0.703. The lowest BCUT2D eigenvalue weighted by atomic mass is 9.90. The van der Waals surface area contributed by atoms with Crippen LogP contribution in [0.2, 0.25) is 5.02 Å². The Morgan fingerprint density at radius 2 is 1.85 bits per heavy atom. The molecule has 112 valence electrons. The maximum Gasteiger partial charge on any atom is 0.141 e. The zero-order valence-corrected chi connectivity index (χ0v) is 13.4. The second-order valence-corrected chi connectivity index (χ2v) is 5.17. The number of methoxy groups -OCH3 is 2. The van der Waals surface area contributed by atoms with E-state index in [1.165, 1.54) is 0 Å². The molecule has 1 aromatic rings. The summed E-state index contributed by atoms with van der Waals surface area (Å²) in [6.07, 6.45) is 2.96. The van der Waals surface area contributed by atoms with E-state index in [0.717, 1.165) is 24.2 Å². The number of hydrogen-bond acceptors (Lipinski definition) is 3. The second kappa shape index (κ2) is 8.15. The first-order valence-corrected chi connectivity index (χ1v) is 7.38. The van der Waals surface area contributed by atoms with Crippen LogP contribution in [0.25, 0.3) is 0 Å². The van der Waals surface area contributed by atoms with Crippen molar-refractivity contribution in [1.82, 2.24) is 0 Å². The van der Waals surface area contributed by atoms with E-state index < -0.39 is 0 Å². The summed E-state index contributed by atoms with van der Waals surface area (Å²) >= 11 is 6.20. The number of hydrogen-bond donors (Lipinski definition) is 0. The Hall–Kier alpha value is -1.22. The molecule has 0 fully saturated rings. The van der Waals surface area contributed by atoms with Gasteiger partial charge in [-0.2, -0.15) is 0 Å². The summed E-state index contributed by atoms with van der Waals surface area (Å²) in [5.74, 6) is 1.93. The molecule has 0 bridgehead atoms. The highest BCUT2D eigenvalue weighted by Gasteiger charge is 2.18. The highest BCUT2D eigenvalue weighted by Crippen LogP contribution is 2.39. The van der Waals surface area contributed by atoms with Gasteiger partial charge in [0.2, 0.25) is 0 Å². The van der Waals surface area contributed by atoms with E-state index in [9.17, 15) is 4.79 Å². The van der Waals surface area contributed by atoms with Crippen molar-refractivity contribution in [3.63, 3.8) is 0 Å². The largest absolute Gasteiger partial charge is 0.496 e. The Kier molecular flexibility index (Phi) is 6.86. The second-order valence-electron chi connectivity index (χ2n) is 4.76. The van der Waals surface area contributed by atoms with Crippen LogP contribution in [-0.4, -0.2) is 20.0 Å². The van der Waals surface area contributed by atoms with Gasteiger partial charge < -0.3 is 9.47 Å². The minimum atomic E-state index is 0.267. The molecule has 0 amide bonds. The van der Waals surface area contributed by atoms with E-state index in [0.29, 0.717) is 29.4 Å². The van der Waals surface area contributed by atoms with Crippen LogP contribution >= 0.6 is 11.6 Å². The fourth-order valence-corrected chi connectivity index (χ4v) is 2.54. The Balaban J connectivity index is 3.01. The first kappa shape index (κ1) is 16.8. The molecule has 20 heavy (non-hydrogen) atoms. The van der Waals surface area contributed by atoms with Crippen molar-refractivity contribution in [2.75, 3.05) is 14.2 Å². The van der Waals surface area contributed by atoms with E-state index in [-0.39, 0.29) is 5.92 Å². The monoisotopic (exact) mass is 298 g/mol. The minimum absolute atomic E-state index is 0.267. The Bertz CT molecular complexity index is 457. The van der Waals surface area contributed by atoms with Gasteiger partial charge >= 0.3 is 0 Å². The average molecular weight is 299 g/mol. The van der Waals surface area contributed by atoms with Gasteiger partial charge in [-0.15, -0.1) is 0 Å². The van der Waals surface area contributed by atoms with Crippen molar-refractivity contribution in [1.29, 1.82) is 0 Å². The molecule has 0 saturated heterocycles. The number of Topliss-reactive ketones (excluding diaryl/α,β-unsaturated/α-hetero) is 1. The summed E-state index contributed by atoms with van der Waals surface area (Å²) in [5, 5.41) is 0.573. The molecule has 0 heterocycles. The molecule has 0 aliphatic rings. The van der Waals surface area contributed by atoms with Crippen LogP contribution in [0.3, 0.4) is 0 Å². The summed E-state index contributed by atoms with van der Waals surface area (Å²) in [5.41, 5.74) is 1.05. The number of carbonyl (C=O) groups is 1. The van der Waals surface area contributed by atoms with Gasteiger partial charge in [0.15, 0.2) is 0 Å². The van der Waals surface area contributed by atoms with Gasteiger partial charge in [-0.25, -0.2) is 0 Å². The molecule has 0 aliphatic heterocycles. The van der Waals surface area contributed by atoms with Gasteiger partial charge in [-0.3, -0.25) is 4.79 Å². The van der Waals surface area contributed by atoms with E-state index in [2.05, 4.69) is 6.92 Å². The molecule has 0 N–H and O–H groups in total. The molecule has 1 unspecified atom stereocenters. The highest BCUT2D eigenvalue weighted by molar-refractivity contribution is 6.32. The molecular formula is C16H23ClO3. The average Bonchev–Trinajstić information content (AvgIpc) is 2.47. The van der Waals surface area contributed by atoms with Crippen LogP contribution in [0.1, 0.15) is 51.0 Å². The van der Waals surface area contributed by atoms with Crippen molar-refractivity contribution in [3.05, 3.63) is 22.7 Å². The molecule has 0 spiro atoms. The van der Waals surface area contributed by atoms with Crippen LogP contribution in [0.5, 0.6) is 11.5 Å². The van der Waals surface area contributed by atoms with Crippen LogP contribution in [0.4, 0.5) is 0 Å². The van der Waals surface area contributed by atoms with E-state index in [1.54, 1.807) is 14.2 Å². The summed E-state index contributed by atoms with van der Waals surface area (Å²) in [7, 11) is 3.22. The molecule has 0 saturated carbocycles. The molecule has 1 aromatic carbocycles. The standard InChI is InChI=1S/C16H23ClO3/c1-5-11(7-8-12(18)6-2)13-9-14(17)16(20-4)10-15(13)19-3/h9-11H,5-8H2,1-4H3. The number of rotatable bonds is 8. The van der Waals surface area contributed by atoms with Crippen molar-refractivity contribution >= 4 is 17.4 Å². The molecule has 0 aliphatic carbocycles. The third-order valence-electron chi connectivity index (χ3n) is 3.60. The third-order valence-corrected chi connectivity index (χ3v) is 3.90. The number of ketones is 1. The van der Waals surface area contributed by atoms with Gasteiger partial charge in [-0.05, 0) is 30.4 Å². The van der Waals surface area contributed by atoms with E-state index in [1.807, 2.05) is 19.1 Å². The van der Waals surface area contributed by atoms with Crippen LogP contribution in [-0.2, 0) is 4.79 Å². The predicted molar refractivity (Wildman–Crippen MR) is 82.1 cm³/mol.